The van der Waals surface area contributed by atoms with Gasteiger partial charge in [-0.15, -0.1) is 5.10 Å². The van der Waals surface area contributed by atoms with E-state index < -0.39 is 20.8 Å². The number of nitrogens with two attached hydrogens (primary N) is 1. The van der Waals surface area contributed by atoms with Crippen molar-refractivity contribution in [2.24, 2.45) is 0 Å². The fourth-order valence-corrected chi connectivity index (χ4v) is 2.31. The standard InChI is InChI=1S/C12H11FN6O2S/c1-6-3-4-7(5-8(6)13)9-15-11-17-12(22(2,20)21)16-10(14)19(11)18-9/h3-5H,1-2H3,(H2,14,15,16,17,18). The maximum absolute atomic E-state index is 13.6. The zero-order valence-corrected chi connectivity index (χ0v) is 12.5. The SMILES string of the molecule is Cc1ccc(-c2nc3nc(S(C)(=O)=O)nc(N)n3n2)cc1F. The molecule has 2 heterocycles. The fourth-order valence-electron chi connectivity index (χ4n) is 1.81. The molecule has 0 saturated carbocycles. The topological polar surface area (TPSA) is 116 Å². The molecule has 0 bridgehead atoms. The van der Waals surface area contributed by atoms with Crippen molar-refractivity contribution in [2.45, 2.75) is 12.1 Å². The van der Waals surface area contributed by atoms with Crippen LogP contribution >= 0.6 is 0 Å². The molecule has 22 heavy (non-hydrogen) atoms. The predicted molar refractivity (Wildman–Crippen MR) is 76.2 cm³/mol. The molecule has 0 atom stereocenters. The quantitative estimate of drug-likeness (QED) is 0.735. The summed E-state index contributed by atoms with van der Waals surface area (Å²) in [7, 11) is -3.63. The number of hydrogen-bond donors (Lipinski definition) is 1. The second kappa shape index (κ2) is 4.70. The summed E-state index contributed by atoms with van der Waals surface area (Å²) in [5, 5.41) is 3.63. The molecule has 114 valence electrons. The fraction of sp³-hybridized carbons (Fsp3) is 0.167. The first-order valence-corrected chi connectivity index (χ1v) is 8.02. The third kappa shape index (κ3) is 2.37. The zero-order chi connectivity index (χ0) is 16.1. The zero-order valence-electron chi connectivity index (χ0n) is 11.6. The number of aryl methyl sites for hydroxylation is 1. The van der Waals surface area contributed by atoms with E-state index in [0.717, 1.165) is 10.8 Å². The number of halogens is 1. The minimum Gasteiger partial charge on any atom is -0.368 e. The van der Waals surface area contributed by atoms with Gasteiger partial charge in [0.2, 0.25) is 15.8 Å². The lowest BCUT2D eigenvalue weighted by Crippen LogP contribution is -2.11. The van der Waals surface area contributed by atoms with Gasteiger partial charge in [0.25, 0.3) is 10.9 Å². The Balaban J connectivity index is 2.21. The van der Waals surface area contributed by atoms with Crippen molar-refractivity contribution in [1.29, 1.82) is 0 Å². The Bertz CT molecular complexity index is 998. The van der Waals surface area contributed by atoms with Gasteiger partial charge in [-0.2, -0.15) is 19.5 Å². The molecule has 2 N–H and O–H groups in total. The van der Waals surface area contributed by atoms with Gasteiger partial charge in [-0.05, 0) is 18.6 Å². The molecular formula is C12H11FN6O2S. The second-order valence-electron chi connectivity index (χ2n) is 4.75. The molecule has 0 amide bonds. The van der Waals surface area contributed by atoms with Crippen molar-refractivity contribution in [1.82, 2.24) is 24.6 Å². The van der Waals surface area contributed by atoms with E-state index in [1.807, 2.05) is 0 Å². The van der Waals surface area contributed by atoms with Gasteiger partial charge >= 0.3 is 0 Å². The van der Waals surface area contributed by atoms with Crippen LogP contribution in [0.5, 0.6) is 0 Å². The van der Waals surface area contributed by atoms with Crippen LogP contribution < -0.4 is 5.73 Å². The summed E-state index contributed by atoms with van der Waals surface area (Å²) in [6, 6.07) is 4.52. The van der Waals surface area contributed by atoms with E-state index in [1.165, 1.54) is 6.07 Å². The van der Waals surface area contributed by atoms with Crippen molar-refractivity contribution in [3.8, 4) is 11.4 Å². The van der Waals surface area contributed by atoms with Crippen LogP contribution in [0.2, 0.25) is 0 Å². The van der Waals surface area contributed by atoms with Gasteiger partial charge in [-0.1, -0.05) is 12.1 Å². The second-order valence-corrected chi connectivity index (χ2v) is 6.66. The van der Waals surface area contributed by atoms with Gasteiger partial charge in [-0.25, -0.2) is 12.8 Å². The minimum absolute atomic E-state index is 0.0242. The first-order valence-electron chi connectivity index (χ1n) is 6.12. The van der Waals surface area contributed by atoms with E-state index in [9.17, 15) is 12.8 Å². The van der Waals surface area contributed by atoms with Crippen LogP contribution in [0, 0.1) is 12.7 Å². The Morgan fingerprint density at radius 2 is 1.95 bits per heavy atom. The highest BCUT2D eigenvalue weighted by Crippen LogP contribution is 2.20. The molecule has 0 unspecified atom stereocenters. The van der Waals surface area contributed by atoms with E-state index in [2.05, 4.69) is 20.1 Å². The summed E-state index contributed by atoms with van der Waals surface area (Å²) in [5.74, 6) is -0.418. The van der Waals surface area contributed by atoms with Crippen LogP contribution in [0.4, 0.5) is 10.3 Å². The van der Waals surface area contributed by atoms with Crippen molar-refractivity contribution in [3.05, 3.63) is 29.6 Å². The first-order chi connectivity index (χ1) is 10.3. The number of nitrogens with zero attached hydrogens (tertiary/aromatic N) is 5. The maximum Gasteiger partial charge on any atom is 0.258 e. The molecule has 0 saturated heterocycles. The average molecular weight is 322 g/mol. The lowest BCUT2D eigenvalue weighted by atomic mass is 10.1. The number of anilines is 1. The first kappa shape index (κ1) is 14.3. The van der Waals surface area contributed by atoms with Gasteiger partial charge in [0.05, 0.1) is 0 Å². The molecular weight excluding hydrogens is 311 g/mol. The normalized spacial score (nSPS) is 12.0. The van der Waals surface area contributed by atoms with Crippen LogP contribution in [-0.2, 0) is 9.84 Å². The number of fused-ring (bicyclic) bond motifs is 1. The summed E-state index contributed by atoms with van der Waals surface area (Å²) in [6.45, 7) is 1.64. The monoisotopic (exact) mass is 322 g/mol. The van der Waals surface area contributed by atoms with Crippen molar-refractivity contribution < 1.29 is 12.8 Å². The third-order valence-electron chi connectivity index (χ3n) is 2.97. The molecule has 0 spiro atoms. The Kier molecular flexibility index (Phi) is 3.06. The summed E-state index contributed by atoms with van der Waals surface area (Å²) in [6.07, 6.45) is 0.963. The highest BCUT2D eigenvalue weighted by molar-refractivity contribution is 7.90. The number of aromatic nitrogens is 5. The van der Waals surface area contributed by atoms with Crippen LogP contribution in [0.15, 0.2) is 23.4 Å². The van der Waals surface area contributed by atoms with E-state index in [1.54, 1.807) is 19.1 Å². The van der Waals surface area contributed by atoms with Gasteiger partial charge < -0.3 is 5.73 Å². The summed E-state index contributed by atoms with van der Waals surface area (Å²) in [4.78, 5) is 11.6. The van der Waals surface area contributed by atoms with Gasteiger partial charge in [-0.3, -0.25) is 0 Å². The van der Waals surface area contributed by atoms with Gasteiger partial charge in [0.15, 0.2) is 5.82 Å². The number of sulfone groups is 1. The van der Waals surface area contributed by atoms with Gasteiger partial charge in [0, 0.05) is 11.8 Å². The van der Waals surface area contributed by atoms with Gasteiger partial charge in [0.1, 0.15) is 5.82 Å². The third-order valence-corrected chi connectivity index (χ3v) is 3.82. The van der Waals surface area contributed by atoms with E-state index in [-0.39, 0.29) is 17.6 Å². The van der Waals surface area contributed by atoms with E-state index in [4.69, 9.17) is 5.73 Å². The molecule has 3 aromatic rings. The molecule has 10 heteroatoms. The Morgan fingerprint density at radius 3 is 2.59 bits per heavy atom. The average Bonchev–Trinajstić information content (AvgIpc) is 2.85. The molecule has 0 aliphatic heterocycles. The molecule has 0 aliphatic rings. The summed E-state index contributed by atoms with van der Waals surface area (Å²) in [5.41, 5.74) is 6.59. The molecule has 8 nitrogen and oxygen atoms in total. The number of nitrogen functional groups attached to an aromatic ring is 1. The van der Waals surface area contributed by atoms with E-state index in [0.29, 0.717) is 11.1 Å². The number of rotatable bonds is 2. The largest absolute Gasteiger partial charge is 0.368 e. The van der Waals surface area contributed by atoms with Crippen LogP contribution in [-0.4, -0.2) is 39.2 Å². The Labute approximate surface area is 124 Å². The molecule has 0 radical (unpaired) electrons. The van der Waals surface area contributed by atoms with Crippen molar-refractivity contribution in [2.75, 3.05) is 12.0 Å². The smallest absolute Gasteiger partial charge is 0.258 e. The predicted octanol–water partition coefficient (Wildman–Crippen LogP) is 0.620. The lowest BCUT2D eigenvalue weighted by molar-refractivity contribution is 0.592. The van der Waals surface area contributed by atoms with Crippen molar-refractivity contribution in [3.63, 3.8) is 0 Å². The molecule has 2 aromatic heterocycles. The highest BCUT2D eigenvalue weighted by atomic mass is 32.2. The molecule has 1 aromatic carbocycles. The van der Waals surface area contributed by atoms with Crippen LogP contribution in [0.3, 0.4) is 0 Å². The van der Waals surface area contributed by atoms with E-state index >= 15 is 0 Å². The summed E-state index contributed by atoms with van der Waals surface area (Å²) >= 11 is 0. The minimum atomic E-state index is -3.63. The molecule has 0 aliphatic carbocycles. The van der Waals surface area contributed by atoms with Crippen molar-refractivity contribution >= 4 is 21.6 Å². The maximum atomic E-state index is 13.6. The Morgan fingerprint density at radius 1 is 1.23 bits per heavy atom. The molecule has 0 fully saturated rings. The van der Waals surface area contributed by atoms with Crippen LogP contribution in [0.25, 0.3) is 17.2 Å². The lowest BCUT2D eigenvalue weighted by Gasteiger charge is -1.99. The molecule has 3 rings (SSSR count). The highest BCUT2D eigenvalue weighted by Gasteiger charge is 2.18. The number of benzene rings is 1. The summed E-state index contributed by atoms with van der Waals surface area (Å²) < 4.78 is 37.7. The van der Waals surface area contributed by atoms with Crippen LogP contribution in [0.1, 0.15) is 5.56 Å². The Hall–Kier alpha value is -2.62. The number of hydrogen-bond acceptors (Lipinski definition) is 7.